The Hall–Kier alpha value is -1.27. The summed E-state index contributed by atoms with van der Waals surface area (Å²) in [6.45, 7) is 2.17. The number of hydrogen-bond donors (Lipinski definition) is 1. The van der Waals surface area contributed by atoms with Gasteiger partial charge in [-0.05, 0) is 12.5 Å². The fraction of sp³-hybridized carbons (Fsp3) is 0.500. The van der Waals surface area contributed by atoms with Crippen LogP contribution in [-0.4, -0.2) is 29.0 Å². The molecule has 0 amide bonds. The van der Waals surface area contributed by atoms with Crippen LogP contribution in [0.2, 0.25) is 0 Å². The molecule has 0 heterocycles. The fourth-order valence-corrected chi connectivity index (χ4v) is 2.45. The van der Waals surface area contributed by atoms with Gasteiger partial charge in [0.05, 0.1) is 12.0 Å². The van der Waals surface area contributed by atoms with Gasteiger partial charge in [0.25, 0.3) is 5.69 Å². The SMILES string of the molecule is COc1ccc([N+](=O)[O-])cc1CSC(C)CCO. The summed E-state index contributed by atoms with van der Waals surface area (Å²) in [6.07, 6.45) is 0.710. The van der Waals surface area contributed by atoms with Crippen LogP contribution in [0.5, 0.6) is 5.75 Å². The van der Waals surface area contributed by atoms with Crippen LogP contribution in [0.3, 0.4) is 0 Å². The maximum absolute atomic E-state index is 10.7. The molecule has 1 atom stereocenters. The Morgan fingerprint density at radius 2 is 2.28 bits per heavy atom. The van der Waals surface area contributed by atoms with Crippen molar-refractivity contribution < 1.29 is 14.8 Å². The average Bonchev–Trinajstić information content (AvgIpc) is 2.36. The first-order chi connectivity index (χ1) is 8.58. The maximum atomic E-state index is 10.7. The molecule has 1 aromatic rings. The highest BCUT2D eigenvalue weighted by atomic mass is 32.2. The van der Waals surface area contributed by atoms with Gasteiger partial charge in [0.15, 0.2) is 0 Å². The number of aliphatic hydroxyl groups excluding tert-OH is 1. The molecule has 100 valence electrons. The smallest absolute Gasteiger partial charge is 0.270 e. The Bertz CT molecular complexity index is 411. The number of rotatable bonds is 7. The van der Waals surface area contributed by atoms with Gasteiger partial charge in [-0.2, -0.15) is 11.8 Å². The summed E-state index contributed by atoms with van der Waals surface area (Å²) in [5.41, 5.74) is 0.878. The van der Waals surface area contributed by atoms with Crippen LogP contribution in [0.4, 0.5) is 5.69 Å². The molecule has 0 bridgehead atoms. The van der Waals surface area contributed by atoms with Gasteiger partial charge in [0.1, 0.15) is 5.75 Å². The quantitative estimate of drug-likeness (QED) is 0.609. The van der Waals surface area contributed by atoms with Gasteiger partial charge >= 0.3 is 0 Å². The van der Waals surface area contributed by atoms with Crippen molar-refractivity contribution in [1.29, 1.82) is 0 Å². The predicted molar refractivity (Wildman–Crippen MR) is 72.1 cm³/mol. The maximum Gasteiger partial charge on any atom is 0.270 e. The molecule has 1 N–H and O–H groups in total. The van der Waals surface area contributed by atoms with E-state index in [2.05, 4.69) is 0 Å². The molecule has 1 rings (SSSR count). The Balaban J connectivity index is 2.78. The van der Waals surface area contributed by atoms with Gasteiger partial charge in [-0.25, -0.2) is 0 Å². The third-order valence-electron chi connectivity index (χ3n) is 2.53. The first-order valence-electron chi connectivity index (χ1n) is 5.62. The lowest BCUT2D eigenvalue weighted by Gasteiger charge is -2.11. The normalized spacial score (nSPS) is 12.2. The molecule has 0 aliphatic rings. The van der Waals surface area contributed by atoms with Crippen molar-refractivity contribution in [3.05, 3.63) is 33.9 Å². The second kappa shape index (κ2) is 7.23. The molecule has 0 spiro atoms. The van der Waals surface area contributed by atoms with E-state index < -0.39 is 4.92 Å². The molecule has 0 saturated carbocycles. The number of nitrogens with zero attached hydrogens (tertiary/aromatic N) is 1. The van der Waals surface area contributed by atoms with Crippen LogP contribution in [0, 0.1) is 10.1 Å². The number of nitro groups is 1. The Kier molecular flexibility index (Phi) is 5.94. The van der Waals surface area contributed by atoms with Gasteiger partial charge in [-0.3, -0.25) is 10.1 Å². The number of thioether (sulfide) groups is 1. The number of aliphatic hydroxyl groups is 1. The third kappa shape index (κ3) is 4.19. The van der Waals surface area contributed by atoms with Gasteiger partial charge in [-0.1, -0.05) is 6.92 Å². The highest BCUT2D eigenvalue weighted by molar-refractivity contribution is 7.99. The van der Waals surface area contributed by atoms with Crippen LogP contribution in [0.15, 0.2) is 18.2 Å². The fourth-order valence-electron chi connectivity index (χ4n) is 1.49. The van der Waals surface area contributed by atoms with E-state index in [9.17, 15) is 10.1 Å². The van der Waals surface area contributed by atoms with E-state index in [0.29, 0.717) is 23.2 Å². The van der Waals surface area contributed by atoms with E-state index in [1.165, 1.54) is 12.1 Å². The molecule has 0 radical (unpaired) electrons. The summed E-state index contributed by atoms with van der Waals surface area (Å²) >= 11 is 1.64. The van der Waals surface area contributed by atoms with E-state index in [1.54, 1.807) is 24.9 Å². The van der Waals surface area contributed by atoms with Crippen LogP contribution >= 0.6 is 11.8 Å². The largest absolute Gasteiger partial charge is 0.496 e. The van der Waals surface area contributed by atoms with Crippen LogP contribution < -0.4 is 4.74 Å². The summed E-state index contributed by atoms with van der Waals surface area (Å²) in [5.74, 6) is 1.29. The van der Waals surface area contributed by atoms with Crippen LogP contribution in [-0.2, 0) is 5.75 Å². The summed E-state index contributed by atoms with van der Waals surface area (Å²) < 4.78 is 5.19. The molecule has 5 nitrogen and oxygen atoms in total. The Morgan fingerprint density at radius 3 is 2.83 bits per heavy atom. The van der Waals surface area contributed by atoms with E-state index in [-0.39, 0.29) is 12.3 Å². The molecule has 1 unspecified atom stereocenters. The molecule has 0 saturated heterocycles. The van der Waals surface area contributed by atoms with Crippen molar-refractivity contribution in [2.45, 2.75) is 24.3 Å². The minimum absolute atomic E-state index is 0.0706. The van der Waals surface area contributed by atoms with Gasteiger partial charge in [0.2, 0.25) is 0 Å². The third-order valence-corrected chi connectivity index (χ3v) is 3.82. The Morgan fingerprint density at radius 1 is 1.56 bits per heavy atom. The van der Waals surface area contributed by atoms with Crippen LogP contribution in [0.25, 0.3) is 0 Å². The Labute approximate surface area is 110 Å². The van der Waals surface area contributed by atoms with E-state index in [0.717, 1.165) is 5.56 Å². The van der Waals surface area contributed by atoms with Crippen LogP contribution in [0.1, 0.15) is 18.9 Å². The number of benzene rings is 1. The van der Waals surface area contributed by atoms with Gasteiger partial charge < -0.3 is 9.84 Å². The summed E-state index contributed by atoms with van der Waals surface area (Å²) in [4.78, 5) is 10.3. The number of nitro benzene ring substituents is 1. The van der Waals surface area contributed by atoms with Crippen molar-refractivity contribution in [1.82, 2.24) is 0 Å². The van der Waals surface area contributed by atoms with E-state index >= 15 is 0 Å². The monoisotopic (exact) mass is 271 g/mol. The standard InChI is InChI=1S/C12H17NO4S/c1-9(5-6-14)18-8-10-7-11(13(15)16)3-4-12(10)17-2/h3-4,7,9,14H,5-6,8H2,1-2H3. The summed E-state index contributed by atoms with van der Waals surface area (Å²) in [6, 6.07) is 4.59. The lowest BCUT2D eigenvalue weighted by Crippen LogP contribution is -2.01. The molecule has 1 aromatic carbocycles. The minimum Gasteiger partial charge on any atom is -0.496 e. The van der Waals surface area contributed by atoms with Crippen molar-refractivity contribution >= 4 is 17.4 Å². The number of methoxy groups -OCH3 is 1. The second-order valence-electron chi connectivity index (χ2n) is 3.89. The predicted octanol–water partition coefficient (Wildman–Crippen LogP) is 2.61. The van der Waals surface area contributed by atoms with E-state index in [1.807, 2.05) is 6.92 Å². The minimum atomic E-state index is -0.412. The molecular formula is C12H17NO4S. The van der Waals surface area contributed by atoms with Gasteiger partial charge in [0, 0.05) is 35.3 Å². The van der Waals surface area contributed by atoms with E-state index in [4.69, 9.17) is 9.84 Å². The van der Waals surface area contributed by atoms with Gasteiger partial charge in [-0.15, -0.1) is 0 Å². The molecule has 0 aliphatic heterocycles. The van der Waals surface area contributed by atoms with Crippen molar-refractivity contribution in [2.75, 3.05) is 13.7 Å². The molecule has 6 heteroatoms. The zero-order chi connectivity index (χ0) is 13.5. The molecule has 0 fully saturated rings. The topological polar surface area (TPSA) is 72.6 Å². The number of hydrogen-bond acceptors (Lipinski definition) is 5. The number of ether oxygens (including phenoxy) is 1. The lowest BCUT2D eigenvalue weighted by atomic mass is 10.2. The van der Waals surface area contributed by atoms with Crippen molar-refractivity contribution in [3.63, 3.8) is 0 Å². The zero-order valence-electron chi connectivity index (χ0n) is 10.5. The summed E-state index contributed by atoms with van der Waals surface area (Å²) in [5, 5.41) is 19.8. The number of non-ortho nitro benzene ring substituents is 1. The first kappa shape index (κ1) is 14.8. The average molecular weight is 271 g/mol. The molecule has 0 aliphatic carbocycles. The zero-order valence-corrected chi connectivity index (χ0v) is 11.3. The molecule has 18 heavy (non-hydrogen) atoms. The lowest BCUT2D eigenvalue weighted by molar-refractivity contribution is -0.384. The summed E-state index contributed by atoms with van der Waals surface area (Å²) in [7, 11) is 1.55. The highest BCUT2D eigenvalue weighted by Gasteiger charge is 2.12. The molecular weight excluding hydrogens is 254 g/mol. The first-order valence-corrected chi connectivity index (χ1v) is 6.67. The highest BCUT2D eigenvalue weighted by Crippen LogP contribution is 2.29. The van der Waals surface area contributed by atoms with Crippen molar-refractivity contribution in [2.24, 2.45) is 0 Å². The van der Waals surface area contributed by atoms with Crippen molar-refractivity contribution in [3.8, 4) is 5.75 Å². The second-order valence-corrected chi connectivity index (χ2v) is 5.31. The molecule has 0 aromatic heterocycles.